The molecular weight excluding hydrogens is 285 g/mol. The van der Waals surface area contributed by atoms with E-state index in [1.165, 1.54) is 4.90 Å². The van der Waals surface area contributed by atoms with E-state index < -0.39 is 0 Å². The van der Waals surface area contributed by atoms with Gasteiger partial charge in [-0.05, 0) is 31.0 Å². The maximum absolute atomic E-state index is 12.4. The molecule has 2 atom stereocenters. The topological polar surface area (TPSA) is 37.4 Å². The fraction of sp³-hybridized carbons (Fsp3) is 0.429. The molecule has 3 rings (SSSR count). The SMILES string of the molecule is O=C1[C@@H]2CCCC[C@H]2C(=O)N1c1ccc(Cl)c(Cl)c1. The molecule has 1 saturated heterocycles. The van der Waals surface area contributed by atoms with Gasteiger partial charge in [-0.25, -0.2) is 0 Å². The summed E-state index contributed by atoms with van der Waals surface area (Å²) in [6.45, 7) is 0. The summed E-state index contributed by atoms with van der Waals surface area (Å²) in [6.07, 6.45) is 3.67. The normalized spacial score (nSPS) is 26.7. The van der Waals surface area contributed by atoms with E-state index in [0.29, 0.717) is 15.7 Å². The van der Waals surface area contributed by atoms with Crippen molar-refractivity contribution in [1.29, 1.82) is 0 Å². The third-order valence-electron chi connectivity index (χ3n) is 4.00. The highest BCUT2D eigenvalue weighted by Gasteiger charge is 2.48. The highest BCUT2D eigenvalue weighted by Crippen LogP contribution is 2.40. The van der Waals surface area contributed by atoms with E-state index in [4.69, 9.17) is 23.2 Å². The second-order valence-corrected chi connectivity index (χ2v) is 5.92. The van der Waals surface area contributed by atoms with Gasteiger partial charge in [0.25, 0.3) is 0 Å². The van der Waals surface area contributed by atoms with Gasteiger partial charge in [0.15, 0.2) is 0 Å². The first kappa shape index (κ1) is 12.9. The van der Waals surface area contributed by atoms with Crippen LogP contribution in [0.25, 0.3) is 0 Å². The molecule has 19 heavy (non-hydrogen) atoms. The fourth-order valence-electron chi connectivity index (χ4n) is 3.04. The van der Waals surface area contributed by atoms with Gasteiger partial charge in [-0.15, -0.1) is 0 Å². The first-order chi connectivity index (χ1) is 9.09. The molecule has 5 heteroatoms. The Balaban J connectivity index is 1.98. The summed E-state index contributed by atoms with van der Waals surface area (Å²) in [4.78, 5) is 26.0. The Bertz CT molecular complexity index is 534. The van der Waals surface area contributed by atoms with Crippen LogP contribution in [0, 0.1) is 11.8 Å². The van der Waals surface area contributed by atoms with Gasteiger partial charge in [0.05, 0.1) is 27.6 Å². The Morgan fingerprint density at radius 2 is 1.53 bits per heavy atom. The van der Waals surface area contributed by atoms with E-state index in [9.17, 15) is 9.59 Å². The molecule has 1 aliphatic carbocycles. The maximum Gasteiger partial charge on any atom is 0.237 e. The smallest absolute Gasteiger partial charge is 0.237 e. The van der Waals surface area contributed by atoms with Crippen LogP contribution in [0.5, 0.6) is 0 Å². The molecular formula is C14H13Cl2NO2. The number of imide groups is 1. The van der Waals surface area contributed by atoms with Crippen LogP contribution in [-0.2, 0) is 9.59 Å². The number of hydrogen-bond acceptors (Lipinski definition) is 2. The largest absolute Gasteiger partial charge is 0.274 e. The minimum atomic E-state index is -0.143. The third kappa shape index (κ3) is 2.05. The van der Waals surface area contributed by atoms with Crippen LogP contribution in [-0.4, -0.2) is 11.8 Å². The highest BCUT2D eigenvalue weighted by molar-refractivity contribution is 6.42. The minimum Gasteiger partial charge on any atom is -0.274 e. The van der Waals surface area contributed by atoms with E-state index in [2.05, 4.69) is 0 Å². The molecule has 0 N–H and O–H groups in total. The Kier molecular flexibility index (Phi) is 3.27. The van der Waals surface area contributed by atoms with Gasteiger partial charge in [0.2, 0.25) is 11.8 Å². The summed E-state index contributed by atoms with van der Waals surface area (Å²) in [6, 6.07) is 4.86. The summed E-state index contributed by atoms with van der Waals surface area (Å²) in [5.41, 5.74) is 0.527. The average Bonchev–Trinajstić information content (AvgIpc) is 2.66. The van der Waals surface area contributed by atoms with Gasteiger partial charge in [-0.3, -0.25) is 14.5 Å². The number of nitrogens with zero attached hydrogens (tertiary/aromatic N) is 1. The van der Waals surface area contributed by atoms with E-state index in [0.717, 1.165) is 25.7 Å². The van der Waals surface area contributed by atoms with Crippen LogP contribution < -0.4 is 4.90 Å². The first-order valence-corrected chi connectivity index (χ1v) is 7.18. The van der Waals surface area contributed by atoms with Crippen molar-refractivity contribution < 1.29 is 9.59 Å². The number of hydrogen-bond donors (Lipinski definition) is 0. The molecule has 1 aromatic rings. The fourth-order valence-corrected chi connectivity index (χ4v) is 3.33. The molecule has 0 bridgehead atoms. The predicted molar refractivity (Wildman–Crippen MR) is 74.4 cm³/mol. The average molecular weight is 298 g/mol. The molecule has 0 spiro atoms. The molecule has 3 nitrogen and oxygen atoms in total. The van der Waals surface area contributed by atoms with Gasteiger partial charge in [0, 0.05) is 0 Å². The molecule has 100 valence electrons. The Morgan fingerprint density at radius 3 is 2.05 bits per heavy atom. The van der Waals surface area contributed by atoms with Crippen molar-refractivity contribution in [3.05, 3.63) is 28.2 Å². The van der Waals surface area contributed by atoms with Gasteiger partial charge in [-0.2, -0.15) is 0 Å². The Labute approximate surface area is 121 Å². The molecule has 2 amide bonds. The second kappa shape index (κ2) is 4.80. The highest BCUT2D eigenvalue weighted by atomic mass is 35.5. The van der Waals surface area contributed by atoms with Crippen LogP contribution >= 0.6 is 23.2 Å². The molecule has 0 unspecified atom stereocenters. The number of carbonyl (C=O) groups is 2. The summed E-state index contributed by atoms with van der Waals surface area (Å²) < 4.78 is 0. The second-order valence-electron chi connectivity index (χ2n) is 5.11. The molecule has 1 heterocycles. The number of amides is 2. The standard InChI is InChI=1S/C14H13Cl2NO2/c15-11-6-5-8(7-12(11)16)17-13(18)9-3-1-2-4-10(9)14(17)19/h5-7,9-10H,1-4H2/t9-,10-/m1/s1. The quantitative estimate of drug-likeness (QED) is 0.742. The molecule has 1 aromatic carbocycles. The van der Waals surface area contributed by atoms with E-state index in [-0.39, 0.29) is 23.7 Å². The van der Waals surface area contributed by atoms with Crippen molar-refractivity contribution in [2.24, 2.45) is 11.8 Å². The maximum atomic E-state index is 12.4. The van der Waals surface area contributed by atoms with Crippen molar-refractivity contribution in [2.45, 2.75) is 25.7 Å². The van der Waals surface area contributed by atoms with Gasteiger partial charge in [-0.1, -0.05) is 36.0 Å². The van der Waals surface area contributed by atoms with E-state index in [1.54, 1.807) is 18.2 Å². The van der Waals surface area contributed by atoms with Crippen LogP contribution in [0.2, 0.25) is 10.0 Å². The Morgan fingerprint density at radius 1 is 0.947 bits per heavy atom. The molecule has 2 aliphatic rings. The lowest BCUT2D eigenvalue weighted by atomic mass is 9.81. The number of carbonyl (C=O) groups excluding carboxylic acids is 2. The number of benzene rings is 1. The number of rotatable bonds is 1. The monoisotopic (exact) mass is 297 g/mol. The zero-order chi connectivity index (χ0) is 13.6. The minimum absolute atomic E-state index is 0.0897. The summed E-state index contributed by atoms with van der Waals surface area (Å²) in [7, 11) is 0. The zero-order valence-corrected chi connectivity index (χ0v) is 11.7. The number of anilines is 1. The number of fused-ring (bicyclic) bond motifs is 1. The van der Waals surface area contributed by atoms with Crippen molar-refractivity contribution in [2.75, 3.05) is 4.90 Å². The Hall–Kier alpha value is -1.06. The zero-order valence-electron chi connectivity index (χ0n) is 10.2. The predicted octanol–water partition coefficient (Wildman–Crippen LogP) is 3.67. The van der Waals surface area contributed by atoms with Crippen LogP contribution in [0.4, 0.5) is 5.69 Å². The number of halogens is 2. The third-order valence-corrected chi connectivity index (χ3v) is 4.74. The summed E-state index contributed by atoms with van der Waals surface area (Å²) >= 11 is 11.8. The molecule has 0 aromatic heterocycles. The van der Waals surface area contributed by atoms with E-state index >= 15 is 0 Å². The summed E-state index contributed by atoms with van der Waals surface area (Å²) in [5.74, 6) is -0.465. The van der Waals surface area contributed by atoms with Gasteiger partial charge < -0.3 is 0 Å². The molecule has 1 aliphatic heterocycles. The van der Waals surface area contributed by atoms with Crippen LogP contribution in [0.3, 0.4) is 0 Å². The summed E-state index contributed by atoms with van der Waals surface area (Å²) in [5, 5.41) is 0.775. The first-order valence-electron chi connectivity index (χ1n) is 6.42. The lowest BCUT2D eigenvalue weighted by molar-refractivity contribution is -0.122. The van der Waals surface area contributed by atoms with Crippen LogP contribution in [0.1, 0.15) is 25.7 Å². The van der Waals surface area contributed by atoms with Crippen molar-refractivity contribution in [1.82, 2.24) is 0 Å². The van der Waals surface area contributed by atoms with Gasteiger partial charge >= 0.3 is 0 Å². The van der Waals surface area contributed by atoms with Crippen molar-refractivity contribution in [3.8, 4) is 0 Å². The molecule has 0 radical (unpaired) electrons. The lowest BCUT2D eigenvalue weighted by Crippen LogP contribution is -2.30. The van der Waals surface area contributed by atoms with Crippen molar-refractivity contribution >= 4 is 40.7 Å². The van der Waals surface area contributed by atoms with E-state index in [1.807, 2.05) is 0 Å². The van der Waals surface area contributed by atoms with Crippen LogP contribution in [0.15, 0.2) is 18.2 Å². The van der Waals surface area contributed by atoms with Gasteiger partial charge in [0.1, 0.15) is 0 Å². The molecule has 2 fully saturated rings. The lowest BCUT2D eigenvalue weighted by Gasteiger charge is -2.19. The van der Waals surface area contributed by atoms with Crippen molar-refractivity contribution in [3.63, 3.8) is 0 Å². The molecule has 1 saturated carbocycles.